The van der Waals surface area contributed by atoms with Gasteiger partial charge in [-0.05, 0) is 30.9 Å². The van der Waals surface area contributed by atoms with Crippen molar-refractivity contribution in [1.29, 1.82) is 5.26 Å². The summed E-state index contributed by atoms with van der Waals surface area (Å²) >= 11 is 0. The summed E-state index contributed by atoms with van der Waals surface area (Å²) < 4.78 is 0. The van der Waals surface area contributed by atoms with E-state index >= 15 is 0 Å². The van der Waals surface area contributed by atoms with Crippen molar-refractivity contribution < 1.29 is 10.0 Å². The van der Waals surface area contributed by atoms with Gasteiger partial charge in [0.2, 0.25) is 0 Å². The summed E-state index contributed by atoms with van der Waals surface area (Å²) in [5.74, 6) is 0.450. The van der Waals surface area contributed by atoms with E-state index in [-0.39, 0.29) is 17.9 Å². The van der Waals surface area contributed by atoms with Crippen LogP contribution in [-0.4, -0.2) is 29.7 Å². The van der Waals surface area contributed by atoms with Gasteiger partial charge in [-0.1, -0.05) is 0 Å². The third-order valence-corrected chi connectivity index (χ3v) is 3.49. The Labute approximate surface area is 111 Å². The second-order valence-electron chi connectivity index (χ2n) is 4.68. The molecule has 1 saturated heterocycles. The zero-order valence-electron chi connectivity index (χ0n) is 10.5. The van der Waals surface area contributed by atoms with E-state index in [4.69, 9.17) is 10.4 Å². The number of nitriles is 1. The molecule has 2 rings (SSSR count). The van der Waals surface area contributed by atoms with Crippen LogP contribution >= 0.6 is 0 Å². The Morgan fingerprint density at radius 1 is 1.58 bits per heavy atom. The van der Waals surface area contributed by atoms with E-state index in [0.717, 1.165) is 31.6 Å². The Balaban J connectivity index is 2.19. The van der Waals surface area contributed by atoms with Crippen molar-refractivity contribution in [1.82, 2.24) is 0 Å². The van der Waals surface area contributed by atoms with Gasteiger partial charge in [-0.25, -0.2) is 0 Å². The Morgan fingerprint density at radius 3 is 3.00 bits per heavy atom. The molecule has 1 N–H and O–H groups in total. The molecular weight excluding hydrogens is 246 g/mol. The molecule has 1 aliphatic rings. The maximum atomic E-state index is 10.8. The highest BCUT2D eigenvalue weighted by atomic mass is 16.6. The SMILES string of the molecule is N#Cc1cc(N2CCC(CCO)C2)ccc1[N+](=O)[O-]. The molecule has 0 radical (unpaired) electrons. The second kappa shape index (κ2) is 5.67. The number of nitrogens with zero attached hydrogens (tertiary/aromatic N) is 3. The number of rotatable bonds is 4. The predicted molar refractivity (Wildman–Crippen MR) is 69.8 cm³/mol. The first kappa shape index (κ1) is 13.3. The van der Waals surface area contributed by atoms with Gasteiger partial charge in [-0.3, -0.25) is 10.1 Å². The maximum absolute atomic E-state index is 10.8. The van der Waals surface area contributed by atoms with Crippen LogP contribution in [0.1, 0.15) is 18.4 Å². The van der Waals surface area contributed by atoms with Crippen LogP contribution in [0.25, 0.3) is 0 Å². The van der Waals surface area contributed by atoms with E-state index in [2.05, 4.69) is 4.90 Å². The first-order valence-corrected chi connectivity index (χ1v) is 6.20. The third kappa shape index (κ3) is 2.83. The van der Waals surface area contributed by atoms with Gasteiger partial charge in [0, 0.05) is 31.5 Å². The monoisotopic (exact) mass is 261 g/mol. The highest BCUT2D eigenvalue weighted by Gasteiger charge is 2.24. The molecule has 19 heavy (non-hydrogen) atoms. The van der Waals surface area contributed by atoms with Crippen molar-refractivity contribution in [3.63, 3.8) is 0 Å². The van der Waals surface area contributed by atoms with Crippen LogP contribution in [0.3, 0.4) is 0 Å². The van der Waals surface area contributed by atoms with Gasteiger partial charge in [0.05, 0.1) is 4.92 Å². The zero-order chi connectivity index (χ0) is 13.8. The summed E-state index contributed by atoms with van der Waals surface area (Å²) in [6, 6.07) is 6.50. The molecule has 6 heteroatoms. The average Bonchev–Trinajstić information content (AvgIpc) is 2.87. The first-order chi connectivity index (χ1) is 9.15. The second-order valence-corrected chi connectivity index (χ2v) is 4.68. The molecule has 0 saturated carbocycles. The van der Waals surface area contributed by atoms with E-state index in [0.29, 0.717) is 5.92 Å². The predicted octanol–water partition coefficient (Wildman–Crippen LogP) is 1.68. The standard InChI is InChI=1S/C13H15N3O3/c14-8-11-7-12(1-2-13(11)16(18)19)15-5-3-10(9-15)4-6-17/h1-2,7,10,17H,3-6,9H2. The minimum absolute atomic E-state index is 0.0908. The molecule has 100 valence electrons. The lowest BCUT2D eigenvalue weighted by Gasteiger charge is -2.18. The molecule has 1 unspecified atom stereocenters. The van der Waals surface area contributed by atoms with E-state index in [9.17, 15) is 10.1 Å². The maximum Gasteiger partial charge on any atom is 0.287 e. The number of aliphatic hydroxyl groups is 1. The van der Waals surface area contributed by atoms with Crippen LogP contribution in [-0.2, 0) is 0 Å². The minimum atomic E-state index is -0.541. The molecule has 0 bridgehead atoms. The summed E-state index contributed by atoms with van der Waals surface area (Å²) in [6.07, 6.45) is 1.77. The summed E-state index contributed by atoms with van der Waals surface area (Å²) in [5, 5.41) is 28.7. The first-order valence-electron chi connectivity index (χ1n) is 6.20. The molecule has 6 nitrogen and oxygen atoms in total. The fraction of sp³-hybridized carbons (Fsp3) is 0.462. The molecule has 0 aromatic heterocycles. The Kier molecular flexibility index (Phi) is 3.97. The van der Waals surface area contributed by atoms with Crippen LogP contribution in [0, 0.1) is 27.4 Å². The lowest BCUT2D eigenvalue weighted by atomic mass is 10.1. The number of nitro benzene ring substituents is 1. The Morgan fingerprint density at radius 2 is 2.37 bits per heavy atom. The summed E-state index contributed by atoms with van der Waals surface area (Å²) in [7, 11) is 0. The van der Waals surface area contributed by atoms with Gasteiger partial charge in [0.1, 0.15) is 11.6 Å². The van der Waals surface area contributed by atoms with Gasteiger partial charge < -0.3 is 10.0 Å². The highest BCUT2D eigenvalue weighted by Crippen LogP contribution is 2.29. The Bertz CT molecular complexity index is 524. The van der Waals surface area contributed by atoms with Crippen molar-refractivity contribution >= 4 is 11.4 Å². The smallest absolute Gasteiger partial charge is 0.287 e. The van der Waals surface area contributed by atoms with E-state index in [1.165, 1.54) is 6.07 Å². The van der Waals surface area contributed by atoms with E-state index < -0.39 is 4.92 Å². The normalized spacial score (nSPS) is 18.3. The lowest BCUT2D eigenvalue weighted by molar-refractivity contribution is -0.385. The molecule has 1 atom stereocenters. The number of hydrogen-bond acceptors (Lipinski definition) is 5. The molecular formula is C13H15N3O3. The molecule has 1 aromatic carbocycles. The van der Waals surface area contributed by atoms with Crippen molar-refractivity contribution in [2.24, 2.45) is 5.92 Å². The molecule has 1 aromatic rings. The van der Waals surface area contributed by atoms with Crippen molar-refractivity contribution in [3.8, 4) is 6.07 Å². The lowest BCUT2D eigenvalue weighted by Crippen LogP contribution is -2.20. The van der Waals surface area contributed by atoms with Crippen LogP contribution < -0.4 is 4.90 Å². The van der Waals surface area contributed by atoms with Gasteiger partial charge in [-0.15, -0.1) is 0 Å². The van der Waals surface area contributed by atoms with Crippen molar-refractivity contribution in [2.75, 3.05) is 24.6 Å². The quantitative estimate of drug-likeness (QED) is 0.657. The van der Waals surface area contributed by atoms with E-state index in [1.807, 2.05) is 6.07 Å². The van der Waals surface area contributed by atoms with E-state index in [1.54, 1.807) is 12.1 Å². The molecule has 1 heterocycles. The number of anilines is 1. The fourth-order valence-corrected chi connectivity index (χ4v) is 2.45. The number of hydrogen-bond donors (Lipinski definition) is 1. The largest absolute Gasteiger partial charge is 0.396 e. The van der Waals surface area contributed by atoms with Crippen LogP contribution in [0.2, 0.25) is 0 Å². The van der Waals surface area contributed by atoms with Gasteiger partial charge in [-0.2, -0.15) is 5.26 Å². The van der Waals surface area contributed by atoms with Gasteiger partial charge in [0.15, 0.2) is 0 Å². The van der Waals surface area contributed by atoms with Crippen molar-refractivity contribution in [3.05, 3.63) is 33.9 Å². The minimum Gasteiger partial charge on any atom is -0.396 e. The van der Waals surface area contributed by atoms with Crippen molar-refractivity contribution in [2.45, 2.75) is 12.8 Å². The molecule has 1 aliphatic heterocycles. The molecule has 0 spiro atoms. The molecule has 1 fully saturated rings. The number of benzene rings is 1. The fourth-order valence-electron chi connectivity index (χ4n) is 2.45. The molecule has 0 amide bonds. The zero-order valence-corrected chi connectivity index (χ0v) is 10.5. The topological polar surface area (TPSA) is 90.4 Å². The number of aliphatic hydroxyl groups excluding tert-OH is 1. The van der Waals surface area contributed by atoms with Gasteiger partial charge >= 0.3 is 0 Å². The Hall–Kier alpha value is -2.13. The highest BCUT2D eigenvalue weighted by molar-refractivity contribution is 5.60. The summed E-state index contributed by atoms with van der Waals surface area (Å²) in [6.45, 7) is 1.86. The third-order valence-electron chi connectivity index (χ3n) is 3.49. The van der Waals surface area contributed by atoms with Crippen LogP contribution in [0.15, 0.2) is 18.2 Å². The van der Waals surface area contributed by atoms with Crippen LogP contribution in [0.5, 0.6) is 0 Å². The summed E-state index contributed by atoms with van der Waals surface area (Å²) in [4.78, 5) is 12.3. The number of nitro groups is 1. The average molecular weight is 261 g/mol. The van der Waals surface area contributed by atoms with Crippen LogP contribution in [0.4, 0.5) is 11.4 Å². The summed E-state index contributed by atoms with van der Waals surface area (Å²) in [5.41, 5.74) is 0.771. The molecule has 0 aliphatic carbocycles. The van der Waals surface area contributed by atoms with Gasteiger partial charge in [0.25, 0.3) is 5.69 Å².